The van der Waals surface area contributed by atoms with Gasteiger partial charge in [-0.15, -0.1) is 0 Å². The van der Waals surface area contributed by atoms with Gasteiger partial charge in [0.1, 0.15) is 12.7 Å². The Morgan fingerprint density at radius 3 is 1.18 bits per heavy atom. The van der Waals surface area contributed by atoms with Crippen LogP contribution in [0.15, 0.2) is 122 Å². The largest absolute Gasteiger partial charge is 0.472 e. The number of aliphatic hydroxyl groups is 1. The van der Waals surface area contributed by atoms with Crippen molar-refractivity contribution >= 4 is 25.7 Å². The topological polar surface area (TPSA) is 155 Å². The smallest absolute Gasteiger partial charge is 0.461 e. The third-order valence-corrected chi connectivity index (χ3v) is 11.8. The maximum atomic E-state index is 12.9. The van der Waals surface area contributed by atoms with Crippen molar-refractivity contribution < 1.29 is 52.2 Å². The minimum atomic E-state index is -4.78. The van der Waals surface area contributed by atoms with Crippen LogP contribution in [0.3, 0.4) is 0 Å². The predicted molar refractivity (Wildman–Crippen MR) is 297 cm³/mol. The molecule has 0 aliphatic carbocycles. The van der Waals surface area contributed by atoms with E-state index in [1.807, 2.05) is 12.2 Å². The minimum absolute atomic E-state index is 0.0166. The van der Waals surface area contributed by atoms with Crippen LogP contribution in [0.4, 0.5) is 0 Å². The lowest BCUT2D eigenvalue weighted by Gasteiger charge is -2.21. The molecule has 12 heteroatoms. The average Bonchev–Trinajstić information content (AvgIpc) is 3.37. The van der Waals surface area contributed by atoms with E-state index in [4.69, 9.17) is 23.3 Å². The number of phosphoric acid groups is 1. The molecule has 0 fully saturated rings. The molecule has 3 atom stereocenters. The first-order chi connectivity index (χ1) is 35.2. The number of unbranched alkanes of at least 4 members (excludes halogenated alkanes) is 13. The van der Waals surface area contributed by atoms with Crippen molar-refractivity contribution in [3.05, 3.63) is 122 Å². The van der Waals surface area contributed by atoms with E-state index in [1.165, 1.54) is 19.3 Å². The van der Waals surface area contributed by atoms with E-state index in [2.05, 4.69) is 124 Å². The lowest BCUT2D eigenvalue weighted by molar-refractivity contribution is -0.161. The summed E-state index contributed by atoms with van der Waals surface area (Å²) in [5.74, 6) is -1.67. The molecule has 0 bridgehead atoms. The number of rotatable bonds is 49. The van der Waals surface area contributed by atoms with Gasteiger partial charge in [-0.3, -0.25) is 23.4 Å². The van der Waals surface area contributed by atoms with Crippen LogP contribution in [-0.2, 0) is 42.2 Å². The van der Waals surface area contributed by atoms with Crippen LogP contribution in [0.5, 0.6) is 0 Å². The summed E-state index contributed by atoms with van der Waals surface area (Å²) in [6.07, 6.45) is 64.7. The number of carbonyl (C=O) groups is 3. The Balaban J connectivity index is 4.88. The molecule has 11 nitrogen and oxygen atoms in total. The van der Waals surface area contributed by atoms with Crippen molar-refractivity contribution in [2.24, 2.45) is 0 Å². The van der Waals surface area contributed by atoms with Crippen LogP contribution >= 0.6 is 7.82 Å². The van der Waals surface area contributed by atoms with E-state index < -0.39 is 64.4 Å². The van der Waals surface area contributed by atoms with E-state index in [0.29, 0.717) is 19.3 Å². The summed E-state index contributed by atoms with van der Waals surface area (Å²) >= 11 is 0. The second kappa shape index (κ2) is 53.2. The van der Waals surface area contributed by atoms with Crippen LogP contribution in [0.25, 0.3) is 0 Å². The Morgan fingerprint density at radius 2 is 0.764 bits per heavy atom. The number of hydrogen-bond donors (Lipinski definition) is 2. The second-order valence-electron chi connectivity index (χ2n) is 17.6. The number of esters is 3. The van der Waals surface area contributed by atoms with Gasteiger partial charge in [-0.2, -0.15) is 0 Å². The molecule has 0 heterocycles. The van der Waals surface area contributed by atoms with Crippen LogP contribution in [-0.4, -0.2) is 66.5 Å². The van der Waals surface area contributed by atoms with Crippen molar-refractivity contribution in [1.82, 2.24) is 0 Å². The van der Waals surface area contributed by atoms with E-state index in [-0.39, 0.29) is 19.3 Å². The van der Waals surface area contributed by atoms with E-state index in [0.717, 1.165) is 122 Å². The fourth-order valence-corrected chi connectivity index (χ4v) is 7.55. The molecule has 0 amide bonds. The standard InChI is InChI=1S/C60H97O11P/c1-4-7-10-13-16-19-22-25-28-31-34-37-40-43-46-49-58(62)67-53-57(71-60(64)51-48-45-42-39-36-33-30-27-24-21-18-15-12-9-6-3)55-69-72(65,66)68-54-56(52-61)70-59(63)50-47-44-41-38-35-32-29-26-23-20-17-14-11-8-5-2/h7,9-10,12,16-21,25-30,34,37,43,46,56-57,61H,4-6,8,11,13-15,22-24,31-33,35-36,38-42,44-45,47-55H2,1-3H3,(H,65,66)/b10-7-,12-9-,19-16-,20-17-,21-18-,28-25-,29-26-,30-27-,37-34-,46-43-. The molecular formula is C60H97O11P. The van der Waals surface area contributed by atoms with Gasteiger partial charge in [0.2, 0.25) is 0 Å². The molecule has 0 aromatic carbocycles. The number of aliphatic hydroxyl groups excluding tert-OH is 1. The first-order valence-corrected chi connectivity index (χ1v) is 28.9. The maximum Gasteiger partial charge on any atom is 0.472 e. The molecule has 3 unspecified atom stereocenters. The summed E-state index contributed by atoms with van der Waals surface area (Å²) in [5.41, 5.74) is 0. The summed E-state index contributed by atoms with van der Waals surface area (Å²) in [4.78, 5) is 48.4. The Bertz CT molecular complexity index is 1670. The van der Waals surface area contributed by atoms with Gasteiger partial charge in [-0.1, -0.05) is 194 Å². The lowest BCUT2D eigenvalue weighted by Crippen LogP contribution is -2.30. The third kappa shape index (κ3) is 50.8. The quantitative estimate of drug-likeness (QED) is 0.0197. The molecule has 72 heavy (non-hydrogen) atoms. The molecule has 408 valence electrons. The van der Waals surface area contributed by atoms with Gasteiger partial charge in [0, 0.05) is 12.8 Å². The maximum absolute atomic E-state index is 12.9. The normalized spacial score (nSPS) is 14.3. The van der Waals surface area contributed by atoms with Crippen molar-refractivity contribution in [3.63, 3.8) is 0 Å². The van der Waals surface area contributed by atoms with Crippen LogP contribution < -0.4 is 0 Å². The molecule has 0 aliphatic heterocycles. The zero-order valence-corrected chi connectivity index (χ0v) is 45.7. The SMILES string of the molecule is CC/C=C\C/C=C\C/C=C\C/C=C\C/C=C\CC(=O)OCC(COP(=O)(O)OCC(CO)OC(=O)CCCCCCC/C=C\C/C=C\CCCCC)OC(=O)CCCCCCC/C=C\C/C=C\C/C=C\CC. The Hall–Kier alpha value is -4.12. The Labute approximate surface area is 437 Å². The van der Waals surface area contributed by atoms with Gasteiger partial charge in [0.15, 0.2) is 6.10 Å². The monoisotopic (exact) mass is 1020 g/mol. The molecule has 2 N–H and O–H groups in total. The Kier molecular flexibility index (Phi) is 50.1. The highest BCUT2D eigenvalue weighted by Crippen LogP contribution is 2.43. The number of phosphoric ester groups is 1. The number of carbonyl (C=O) groups excluding carboxylic acids is 3. The zero-order valence-electron chi connectivity index (χ0n) is 44.8. The first-order valence-electron chi connectivity index (χ1n) is 27.4. The molecule has 0 radical (unpaired) electrons. The van der Waals surface area contributed by atoms with E-state index in [1.54, 1.807) is 6.08 Å². The Morgan fingerprint density at radius 1 is 0.417 bits per heavy atom. The van der Waals surface area contributed by atoms with E-state index >= 15 is 0 Å². The number of allylic oxidation sites excluding steroid dienone is 19. The van der Waals surface area contributed by atoms with Gasteiger partial charge in [-0.05, 0) is 109 Å². The highest BCUT2D eigenvalue weighted by Gasteiger charge is 2.28. The summed E-state index contributed by atoms with van der Waals surface area (Å²) in [5, 5.41) is 9.80. The second-order valence-corrected chi connectivity index (χ2v) is 19.1. The molecule has 0 aromatic rings. The molecule has 0 saturated heterocycles. The summed E-state index contributed by atoms with van der Waals surface area (Å²) in [6, 6.07) is 0. The van der Waals surface area contributed by atoms with Crippen molar-refractivity contribution in [3.8, 4) is 0 Å². The van der Waals surface area contributed by atoms with Gasteiger partial charge in [0.25, 0.3) is 0 Å². The molecule has 0 aromatic heterocycles. The van der Waals surface area contributed by atoms with Crippen molar-refractivity contribution in [1.29, 1.82) is 0 Å². The fourth-order valence-electron chi connectivity index (χ4n) is 6.77. The molecule has 0 spiro atoms. The van der Waals surface area contributed by atoms with Crippen LogP contribution in [0.1, 0.15) is 201 Å². The fraction of sp³-hybridized carbons (Fsp3) is 0.617. The number of hydrogen-bond acceptors (Lipinski definition) is 10. The third-order valence-electron chi connectivity index (χ3n) is 10.9. The van der Waals surface area contributed by atoms with Crippen molar-refractivity contribution in [2.45, 2.75) is 213 Å². The van der Waals surface area contributed by atoms with Gasteiger partial charge >= 0.3 is 25.7 Å². The molecule has 0 aliphatic rings. The predicted octanol–water partition coefficient (Wildman–Crippen LogP) is 16.0. The highest BCUT2D eigenvalue weighted by molar-refractivity contribution is 7.47. The van der Waals surface area contributed by atoms with Gasteiger partial charge in [0.05, 0.1) is 26.2 Å². The van der Waals surface area contributed by atoms with E-state index in [9.17, 15) is 28.9 Å². The zero-order chi connectivity index (χ0) is 52.7. The van der Waals surface area contributed by atoms with Crippen LogP contribution in [0.2, 0.25) is 0 Å². The van der Waals surface area contributed by atoms with Gasteiger partial charge < -0.3 is 24.2 Å². The summed E-state index contributed by atoms with van der Waals surface area (Å²) in [6.45, 7) is 4.22. The van der Waals surface area contributed by atoms with Crippen LogP contribution in [0, 0.1) is 0 Å². The molecular weight excluding hydrogens is 928 g/mol. The number of ether oxygens (including phenoxy) is 3. The summed E-state index contributed by atoms with van der Waals surface area (Å²) < 4.78 is 39.3. The van der Waals surface area contributed by atoms with Crippen molar-refractivity contribution in [2.75, 3.05) is 26.4 Å². The molecule has 0 rings (SSSR count). The average molecular weight is 1030 g/mol. The highest BCUT2D eigenvalue weighted by atomic mass is 31.2. The van der Waals surface area contributed by atoms with Gasteiger partial charge in [-0.25, -0.2) is 4.57 Å². The summed E-state index contributed by atoms with van der Waals surface area (Å²) in [7, 11) is -4.78. The first kappa shape index (κ1) is 67.9. The molecule has 0 saturated carbocycles. The lowest BCUT2D eigenvalue weighted by atomic mass is 10.1. The minimum Gasteiger partial charge on any atom is -0.461 e.